The van der Waals surface area contributed by atoms with E-state index < -0.39 is 9.04 Å². The Morgan fingerprint density at radius 1 is 0.966 bits per heavy atom. The predicted octanol–water partition coefficient (Wildman–Crippen LogP) is 3.69. The molecule has 2 aromatic carbocycles. The summed E-state index contributed by atoms with van der Waals surface area (Å²) in [5.41, 5.74) is 1.49. The Morgan fingerprint density at radius 3 is 2.10 bits per heavy atom. The van der Waals surface area contributed by atoms with Gasteiger partial charge in [-0.3, -0.25) is 4.79 Å². The number of carbonyl (C=O) groups excluding carboxylic acids is 1. The normalized spacial score (nSPS) is 25.7. The summed E-state index contributed by atoms with van der Waals surface area (Å²) in [7, 11) is -1.31. The minimum atomic E-state index is -1.31. The summed E-state index contributed by atoms with van der Waals surface area (Å²) in [6.45, 7) is 9.08. The number of esters is 1. The van der Waals surface area contributed by atoms with E-state index in [9.17, 15) is 4.79 Å². The van der Waals surface area contributed by atoms with Crippen LogP contribution in [-0.2, 0) is 19.4 Å². The molecule has 3 nitrogen and oxygen atoms in total. The molecule has 0 heterocycles. The molecule has 2 aliphatic rings. The zero-order valence-electron chi connectivity index (χ0n) is 17.9. The van der Waals surface area contributed by atoms with Crippen molar-refractivity contribution in [3.8, 4) is 0 Å². The first-order valence-electron chi connectivity index (χ1n) is 10.7. The molecule has 0 aliphatic heterocycles. The van der Waals surface area contributed by atoms with Gasteiger partial charge in [0.15, 0.2) is 0 Å². The van der Waals surface area contributed by atoms with Crippen LogP contribution in [0.5, 0.6) is 0 Å². The molecule has 2 atom stereocenters. The number of hydrogen-bond donors (Lipinski definition) is 0. The second-order valence-electron chi connectivity index (χ2n) is 9.34. The maximum atomic E-state index is 12.0. The second-order valence-corrected chi connectivity index (χ2v) is 11.4. The third-order valence-electron chi connectivity index (χ3n) is 6.29. The van der Waals surface area contributed by atoms with E-state index in [1.54, 1.807) is 0 Å². The smallest absolute Gasteiger partial charge is 0.309 e. The van der Waals surface area contributed by atoms with Gasteiger partial charge < -0.3 is 9.16 Å². The molecule has 4 rings (SSSR count). The lowest BCUT2D eigenvalue weighted by atomic mass is 9.87. The Kier molecular flexibility index (Phi) is 5.67. The van der Waals surface area contributed by atoms with Crippen molar-refractivity contribution in [2.45, 2.75) is 52.1 Å². The molecule has 0 saturated heterocycles. The minimum Gasteiger partial charge on any atom is -0.466 e. The van der Waals surface area contributed by atoms with Crippen LogP contribution in [0, 0.1) is 17.8 Å². The molecule has 0 bridgehead atoms. The third-order valence-corrected chi connectivity index (χ3v) is 8.58. The topological polar surface area (TPSA) is 35.5 Å². The highest BCUT2D eigenvalue weighted by Gasteiger charge is 2.60. The summed E-state index contributed by atoms with van der Waals surface area (Å²) in [5, 5.41) is 2.57. The van der Waals surface area contributed by atoms with Gasteiger partial charge in [0.2, 0.25) is 0 Å². The van der Waals surface area contributed by atoms with Crippen LogP contribution in [0.3, 0.4) is 0 Å². The van der Waals surface area contributed by atoms with Crippen LogP contribution in [-0.4, -0.2) is 27.7 Å². The fourth-order valence-electron chi connectivity index (χ4n) is 4.66. The highest BCUT2D eigenvalue weighted by Crippen LogP contribution is 2.58. The lowest BCUT2D eigenvalue weighted by molar-refractivity contribution is -0.145. The minimum absolute atomic E-state index is 0.00712. The van der Waals surface area contributed by atoms with Gasteiger partial charge in [0.1, 0.15) is 0 Å². The Labute approximate surface area is 176 Å². The fourth-order valence-corrected chi connectivity index (χ4v) is 6.75. The Hall–Kier alpha value is -1.91. The van der Waals surface area contributed by atoms with Gasteiger partial charge in [0.25, 0.3) is 9.04 Å². The first-order chi connectivity index (χ1) is 13.9. The summed E-state index contributed by atoms with van der Waals surface area (Å²) in [5.74, 6) is 1.03. The number of carbonyl (C=O) groups is 1. The third kappa shape index (κ3) is 4.34. The van der Waals surface area contributed by atoms with Crippen molar-refractivity contribution in [1.82, 2.24) is 0 Å². The maximum absolute atomic E-state index is 12.0. The molecule has 0 N–H and O–H groups in total. The number of fused-ring (bicyclic) bond motifs is 1. The highest BCUT2D eigenvalue weighted by atomic mass is 28.3. The Balaban J connectivity index is 1.48. The molecule has 29 heavy (non-hydrogen) atoms. The van der Waals surface area contributed by atoms with Crippen LogP contribution in [0.2, 0.25) is 0 Å². The van der Waals surface area contributed by atoms with Gasteiger partial charge in [0, 0.05) is 6.10 Å². The van der Waals surface area contributed by atoms with Gasteiger partial charge in [-0.25, -0.2) is 0 Å². The van der Waals surface area contributed by atoms with E-state index in [4.69, 9.17) is 9.16 Å². The van der Waals surface area contributed by atoms with Crippen molar-refractivity contribution in [2.24, 2.45) is 17.8 Å². The molecular weight excluding hydrogens is 376 g/mol. The molecule has 2 saturated carbocycles. The lowest BCUT2D eigenvalue weighted by Gasteiger charge is -2.24. The first kappa shape index (κ1) is 20.4. The van der Waals surface area contributed by atoms with Crippen molar-refractivity contribution >= 4 is 25.4 Å². The van der Waals surface area contributed by atoms with Crippen molar-refractivity contribution in [3.05, 3.63) is 60.2 Å². The summed E-state index contributed by atoms with van der Waals surface area (Å²) in [6.07, 6.45) is 2.21. The van der Waals surface area contributed by atoms with Crippen LogP contribution in [0.15, 0.2) is 54.6 Å². The van der Waals surface area contributed by atoms with Crippen LogP contribution < -0.4 is 10.4 Å². The molecule has 1 radical (unpaired) electrons. The molecule has 2 aliphatic carbocycles. The van der Waals surface area contributed by atoms with E-state index in [-0.39, 0.29) is 23.4 Å². The van der Waals surface area contributed by atoms with Crippen molar-refractivity contribution in [2.75, 3.05) is 6.61 Å². The van der Waals surface area contributed by atoms with Crippen molar-refractivity contribution in [1.29, 1.82) is 0 Å². The standard InChI is InChI=1S/C25H31O3Si/c1-5-27-24(26)23-21-15-18(16-22(21)23)28-29(19-9-7-6-8-10-19)20-13-11-17(12-14-20)25(2,3)4/h6-14,18,21-23H,5,15-16H2,1-4H3. The quantitative estimate of drug-likeness (QED) is 0.541. The van der Waals surface area contributed by atoms with Gasteiger partial charge in [0.05, 0.1) is 12.5 Å². The van der Waals surface area contributed by atoms with Gasteiger partial charge >= 0.3 is 5.97 Å². The zero-order valence-corrected chi connectivity index (χ0v) is 18.9. The molecule has 153 valence electrons. The van der Waals surface area contributed by atoms with Gasteiger partial charge in [-0.15, -0.1) is 0 Å². The molecule has 0 aromatic heterocycles. The Morgan fingerprint density at radius 2 is 1.55 bits per heavy atom. The maximum Gasteiger partial charge on any atom is 0.309 e. The van der Waals surface area contributed by atoms with E-state index in [1.165, 1.54) is 15.9 Å². The number of benzene rings is 2. The zero-order chi connectivity index (χ0) is 20.6. The monoisotopic (exact) mass is 407 g/mol. The van der Waals surface area contributed by atoms with Crippen LogP contribution in [0.25, 0.3) is 0 Å². The van der Waals surface area contributed by atoms with Gasteiger partial charge in [-0.1, -0.05) is 75.4 Å². The van der Waals surface area contributed by atoms with E-state index >= 15 is 0 Å². The summed E-state index contributed by atoms with van der Waals surface area (Å²) >= 11 is 0. The van der Waals surface area contributed by atoms with E-state index in [0.717, 1.165) is 12.8 Å². The van der Waals surface area contributed by atoms with Crippen molar-refractivity contribution in [3.63, 3.8) is 0 Å². The largest absolute Gasteiger partial charge is 0.466 e. The number of rotatable bonds is 6. The van der Waals surface area contributed by atoms with Crippen LogP contribution >= 0.6 is 0 Å². The molecule has 4 heteroatoms. The van der Waals surface area contributed by atoms with Crippen molar-refractivity contribution < 1.29 is 14.0 Å². The molecule has 2 fully saturated rings. The van der Waals surface area contributed by atoms with Gasteiger partial charge in [-0.05, 0) is 53.0 Å². The average molecular weight is 408 g/mol. The number of ether oxygens (including phenoxy) is 1. The van der Waals surface area contributed by atoms with Crippen LogP contribution in [0.1, 0.15) is 46.1 Å². The highest BCUT2D eigenvalue weighted by molar-refractivity contribution is 6.80. The predicted molar refractivity (Wildman–Crippen MR) is 118 cm³/mol. The van der Waals surface area contributed by atoms with E-state index in [2.05, 4.69) is 75.4 Å². The molecule has 2 unspecified atom stereocenters. The molecular formula is C25H31O3Si. The van der Waals surface area contributed by atoms with E-state index in [0.29, 0.717) is 18.4 Å². The summed E-state index contributed by atoms with van der Waals surface area (Å²) < 4.78 is 12.0. The SMILES string of the molecule is CCOC(=O)C1C2CC(O[Si](c3ccccc3)c3ccc(C(C)(C)C)cc3)CC21. The Bertz CT molecular complexity index is 829. The molecule has 0 spiro atoms. The molecule has 2 aromatic rings. The average Bonchev–Trinajstić information content (AvgIpc) is 3.22. The fraction of sp³-hybridized carbons (Fsp3) is 0.480. The summed E-state index contributed by atoms with van der Waals surface area (Å²) in [4.78, 5) is 12.0. The second kappa shape index (κ2) is 8.08. The number of hydrogen-bond acceptors (Lipinski definition) is 3. The van der Waals surface area contributed by atoms with Crippen LogP contribution in [0.4, 0.5) is 0 Å². The van der Waals surface area contributed by atoms with E-state index in [1.807, 2.05) is 6.92 Å². The summed E-state index contributed by atoms with van der Waals surface area (Å²) in [6, 6.07) is 19.6. The first-order valence-corrected chi connectivity index (χ1v) is 12.2. The molecule has 0 amide bonds. The van der Waals surface area contributed by atoms with Gasteiger partial charge in [-0.2, -0.15) is 0 Å². The lowest BCUT2D eigenvalue weighted by Crippen LogP contribution is -2.47.